The van der Waals surface area contributed by atoms with Crippen molar-refractivity contribution < 1.29 is 18.7 Å². The van der Waals surface area contributed by atoms with E-state index in [2.05, 4.69) is 27.5 Å². The van der Waals surface area contributed by atoms with Gasteiger partial charge in [0.25, 0.3) is 5.56 Å². The highest BCUT2D eigenvalue weighted by molar-refractivity contribution is 9.10. The number of halogens is 2. The van der Waals surface area contributed by atoms with Crippen LogP contribution in [0.15, 0.2) is 82.2 Å². The first-order valence-electron chi connectivity index (χ1n) is 11.8. The number of benzene rings is 2. The van der Waals surface area contributed by atoms with Gasteiger partial charge in [-0.2, -0.15) is 0 Å². The SMILES string of the molecule is C=C(C)Cn1c(=O)c(C(=O)OCC)c(OCc2ccccc2)c2ncc(Cc3ccc(F)cc3)c(Br)c21. The lowest BCUT2D eigenvalue weighted by atomic mass is 10.0. The van der Waals surface area contributed by atoms with E-state index in [9.17, 15) is 14.0 Å². The van der Waals surface area contributed by atoms with Crippen LogP contribution in [0.3, 0.4) is 0 Å². The molecule has 0 bridgehead atoms. The summed E-state index contributed by atoms with van der Waals surface area (Å²) in [5.41, 5.74) is 3.29. The van der Waals surface area contributed by atoms with Gasteiger partial charge in [-0.1, -0.05) is 54.6 Å². The highest BCUT2D eigenvalue weighted by atomic mass is 79.9. The lowest BCUT2D eigenvalue weighted by molar-refractivity contribution is 0.0518. The van der Waals surface area contributed by atoms with Gasteiger partial charge in [-0.25, -0.2) is 9.18 Å². The van der Waals surface area contributed by atoms with Crippen LogP contribution in [0.4, 0.5) is 4.39 Å². The predicted octanol–water partition coefficient (Wildman–Crippen LogP) is 6.22. The van der Waals surface area contributed by atoms with E-state index < -0.39 is 11.5 Å². The fraction of sp³-hybridized carbons (Fsp3) is 0.207. The zero-order valence-electron chi connectivity index (χ0n) is 20.6. The van der Waals surface area contributed by atoms with Gasteiger partial charge in [0, 0.05) is 23.6 Å². The molecule has 0 aliphatic heterocycles. The van der Waals surface area contributed by atoms with Crippen LogP contribution in [0.5, 0.6) is 5.75 Å². The molecule has 2 aromatic carbocycles. The second kappa shape index (κ2) is 11.5. The molecule has 0 amide bonds. The maximum atomic E-state index is 13.8. The number of carbonyl (C=O) groups excluding carboxylic acids is 1. The third-order valence-corrected chi connectivity index (χ3v) is 6.56. The third-order valence-electron chi connectivity index (χ3n) is 5.68. The Balaban J connectivity index is 1.95. The molecule has 0 spiro atoms. The molecule has 0 fully saturated rings. The standard InChI is InChI=1S/C29H26BrFN2O4/c1-4-36-29(35)23-27(37-17-20-8-6-5-7-9-20)25-26(33(28(23)34)16-18(2)3)24(30)21(15-32-25)14-19-10-12-22(31)13-11-19/h5-13,15H,2,4,14,16-17H2,1,3H3. The van der Waals surface area contributed by atoms with E-state index in [1.54, 1.807) is 32.2 Å². The largest absolute Gasteiger partial charge is 0.485 e. The van der Waals surface area contributed by atoms with E-state index in [0.29, 0.717) is 27.5 Å². The van der Waals surface area contributed by atoms with Crippen LogP contribution in [0, 0.1) is 5.82 Å². The molecule has 4 rings (SSSR count). The highest BCUT2D eigenvalue weighted by Crippen LogP contribution is 2.34. The predicted molar refractivity (Wildman–Crippen MR) is 144 cm³/mol. The molecular formula is C29H26BrFN2O4. The monoisotopic (exact) mass is 564 g/mol. The van der Waals surface area contributed by atoms with Gasteiger partial charge in [-0.3, -0.25) is 9.78 Å². The number of ether oxygens (including phenoxy) is 2. The molecule has 8 heteroatoms. The summed E-state index contributed by atoms with van der Waals surface area (Å²) in [5, 5.41) is 0. The first kappa shape index (κ1) is 26.3. The second-order valence-electron chi connectivity index (χ2n) is 8.65. The van der Waals surface area contributed by atoms with Crippen molar-refractivity contribution in [1.29, 1.82) is 0 Å². The Morgan fingerprint density at radius 3 is 2.46 bits per heavy atom. The van der Waals surface area contributed by atoms with Crippen LogP contribution < -0.4 is 10.3 Å². The number of allylic oxidation sites excluding steroid dienone is 1. The van der Waals surface area contributed by atoms with Crippen LogP contribution in [0.2, 0.25) is 0 Å². The van der Waals surface area contributed by atoms with Gasteiger partial charge >= 0.3 is 5.97 Å². The minimum absolute atomic E-state index is 0.0642. The van der Waals surface area contributed by atoms with E-state index in [4.69, 9.17) is 9.47 Å². The third kappa shape index (κ3) is 5.80. The van der Waals surface area contributed by atoms with Crippen LogP contribution in [-0.4, -0.2) is 22.1 Å². The van der Waals surface area contributed by atoms with Gasteiger partial charge in [0.15, 0.2) is 11.3 Å². The molecule has 190 valence electrons. The Morgan fingerprint density at radius 2 is 1.81 bits per heavy atom. The van der Waals surface area contributed by atoms with Gasteiger partial charge in [-0.15, -0.1) is 0 Å². The summed E-state index contributed by atoms with van der Waals surface area (Å²) in [4.78, 5) is 31.4. The molecule has 2 heterocycles. The molecule has 0 saturated heterocycles. The Labute approximate surface area is 222 Å². The first-order valence-corrected chi connectivity index (χ1v) is 12.6. The van der Waals surface area contributed by atoms with E-state index >= 15 is 0 Å². The number of carbonyl (C=O) groups is 1. The molecule has 6 nitrogen and oxygen atoms in total. The van der Waals surface area contributed by atoms with E-state index in [1.807, 2.05) is 30.3 Å². The minimum Gasteiger partial charge on any atom is -0.485 e. The normalized spacial score (nSPS) is 10.9. The molecule has 0 radical (unpaired) electrons. The number of pyridine rings is 2. The Hall–Kier alpha value is -3.78. The molecule has 2 aromatic heterocycles. The summed E-state index contributed by atoms with van der Waals surface area (Å²) in [6.45, 7) is 7.82. The summed E-state index contributed by atoms with van der Waals surface area (Å²) in [6.07, 6.45) is 2.11. The number of fused-ring (bicyclic) bond motifs is 1. The van der Waals surface area contributed by atoms with E-state index in [-0.39, 0.29) is 36.9 Å². The zero-order valence-corrected chi connectivity index (χ0v) is 22.2. The lowest BCUT2D eigenvalue weighted by Gasteiger charge is -2.19. The average molecular weight is 565 g/mol. The fourth-order valence-electron chi connectivity index (χ4n) is 4.00. The van der Waals surface area contributed by atoms with Gasteiger partial charge < -0.3 is 14.0 Å². The van der Waals surface area contributed by atoms with Crippen molar-refractivity contribution >= 4 is 32.9 Å². The number of nitrogens with zero attached hydrogens (tertiary/aromatic N) is 2. The maximum Gasteiger partial charge on any atom is 0.347 e. The van der Waals surface area contributed by atoms with Crippen molar-refractivity contribution in [3.63, 3.8) is 0 Å². The molecule has 0 atom stereocenters. The van der Waals surface area contributed by atoms with Crippen LogP contribution >= 0.6 is 15.9 Å². The minimum atomic E-state index is -0.777. The summed E-state index contributed by atoms with van der Waals surface area (Å²) in [7, 11) is 0. The van der Waals surface area contributed by atoms with Crippen molar-refractivity contribution in [2.45, 2.75) is 33.4 Å². The molecule has 0 aliphatic carbocycles. The molecule has 0 N–H and O–H groups in total. The van der Waals surface area contributed by atoms with Crippen molar-refractivity contribution in [2.24, 2.45) is 0 Å². The van der Waals surface area contributed by atoms with Crippen LogP contribution in [-0.2, 0) is 24.3 Å². The summed E-state index contributed by atoms with van der Waals surface area (Å²) < 4.78 is 26.8. The van der Waals surface area contributed by atoms with Gasteiger partial charge in [0.05, 0.1) is 12.1 Å². The number of rotatable bonds is 9. The topological polar surface area (TPSA) is 70.4 Å². The van der Waals surface area contributed by atoms with Crippen molar-refractivity contribution in [2.75, 3.05) is 6.61 Å². The van der Waals surface area contributed by atoms with Gasteiger partial charge in [-0.05, 0) is 58.6 Å². The van der Waals surface area contributed by atoms with Crippen molar-refractivity contribution in [1.82, 2.24) is 9.55 Å². The molecule has 0 unspecified atom stereocenters. The molecule has 37 heavy (non-hydrogen) atoms. The fourth-order valence-corrected chi connectivity index (χ4v) is 4.64. The quantitative estimate of drug-likeness (QED) is 0.178. The lowest BCUT2D eigenvalue weighted by Crippen LogP contribution is -2.30. The highest BCUT2D eigenvalue weighted by Gasteiger charge is 2.28. The smallest absolute Gasteiger partial charge is 0.347 e. The van der Waals surface area contributed by atoms with Gasteiger partial charge in [0.2, 0.25) is 0 Å². The van der Waals surface area contributed by atoms with E-state index in [0.717, 1.165) is 16.7 Å². The molecular weight excluding hydrogens is 539 g/mol. The maximum absolute atomic E-state index is 13.8. The van der Waals surface area contributed by atoms with Crippen molar-refractivity contribution in [3.05, 3.63) is 116 Å². The molecule has 0 aliphatic rings. The van der Waals surface area contributed by atoms with Gasteiger partial charge in [0.1, 0.15) is 17.9 Å². The summed E-state index contributed by atoms with van der Waals surface area (Å²) in [6, 6.07) is 15.6. The Kier molecular flexibility index (Phi) is 8.18. The number of hydrogen-bond acceptors (Lipinski definition) is 5. The Bertz CT molecular complexity index is 1520. The van der Waals surface area contributed by atoms with Crippen LogP contribution in [0.1, 0.15) is 40.9 Å². The number of hydrogen-bond donors (Lipinski definition) is 0. The zero-order chi connectivity index (χ0) is 26.5. The first-order chi connectivity index (χ1) is 17.8. The summed E-state index contributed by atoms with van der Waals surface area (Å²) >= 11 is 3.68. The molecule has 0 saturated carbocycles. The van der Waals surface area contributed by atoms with Crippen molar-refractivity contribution in [3.8, 4) is 5.75 Å². The Morgan fingerprint density at radius 1 is 1.11 bits per heavy atom. The number of aromatic nitrogens is 2. The second-order valence-corrected chi connectivity index (χ2v) is 9.44. The average Bonchev–Trinajstić information content (AvgIpc) is 2.87. The van der Waals surface area contributed by atoms with Crippen LogP contribution in [0.25, 0.3) is 11.0 Å². The summed E-state index contributed by atoms with van der Waals surface area (Å²) in [5.74, 6) is -1.03. The molecule has 4 aromatic rings. The van der Waals surface area contributed by atoms with E-state index in [1.165, 1.54) is 16.7 Å². The number of esters is 1.